The molecule has 15 heavy (non-hydrogen) atoms. The van der Waals surface area contributed by atoms with E-state index >= 15 is 0 Å². The molecule has 1 heterocycles. The van der Waals surface area contributed by atoms with E-state index in [1.54, 1.807) is 0 Å². The van der Waals surface area contributed by atoms with Gasteiger partial charge in [-0.05, 0) is 42.0 Å². The maximum absolute atomic E-state index is 4.16. The Morgan fingerprint density at radius 3 is 3.07 bits per heavy atom. The lowest BCUT2D eigenvalue weighted by atomic mass is 9.99. The van der Waals surface area contributed by atoms with Gasteiger partial charge in [-0.2, -0.15) is 0 Å². The fourth-order valence-electron chi connectivity index (χ4n) is 1.93. The van der Waals surface area contributed by atoms with Crippen molar-refractivity contribution >= 4 is 17.3 Å². The Bertz CT molecular complexity index is 366. The number of benzene rings is 1. The molecule has 0 N–H and O–H groups in total. The molecule has 1 aromatic rings. The summed E-state index contributed by atoms with van der Waals surface area (Å²) in [5.74, 6) is 1.19. The van der Waals surface area contributed by atoms with Gasteiger partial charge >= 0.3 is 0 Å². The summed E-state index contributed by atoms with van der Waals surface area (Å²) in [5.41, 5.74) is 4.20. The van der Waals surface area contributed by atoms with E-state index in [1.165, 1.54) is 46.6 Å². The molecule has 1 aliphatic heterocycles. The molecule has 0 fully saturated rings. The number of rotatable bonds is 3. The first kappa shape index (κ1) is 10.8. The van der Waals surface area contributed by atoms with Crippen LogP contribution in [0.5, 0.6) is 0 Å². The molecule has 0 spiro atoms. The second kappa shape index (κ2) is 4.89. The fraction of sp³-hybridized carbons (Fsp3) is 0.429. The van der Waals surface area contributed by atoms with Gasteiger partial charge in [-0.3, -0.25) is 0 Å². The smallest absolute Gasteiger partial charge is 0.0147 e. The number of aryl methyl sites for hydroxylation is 1. The van der Waals surface area contributed by atoms with Crippen LogP contribution < -0.4 is 0 Å². The lowest BCUT2D eigenvalue weighted by molar-refractivity contribution is 0.794. The van der Waals surface area contributed by atoms with E-state index in [2.05, 4.69) is 31.7 Å². The van der Waals surface area contributed by atoms with Gasteiger partial charge in [0.2, 0.25) is 0 Å². The van der Waals surface area contributed by atoms with Gasteiger partial charge in [-0.15, -0.1) is 11.8 Å². The van der Waals surface area contributed by atoms with Crippen LogP contribution in [0, 0.1) is 0 Å². The average Bonchev–Trinajstić information content (AvgIpc) is 2.27. The van der Waals surface area contributed by atoms with Crippen molar-refractivity contribution in [2.75, 3.05) is 5.75 Å². The highest BCUT2D eigenvalue weighted by atomic mass is 32.2. The fourth-order valence-corrected chi connectivity index (χ4v) is 3.03. The first-order valence-corrected chi connectivity index (χ1v) is 6.73. The van der Waals surface area contributed by atoms with Gasteiger partial charge in [0.1, 0.15) is 0 Å². The van der Waals surface area contributed by atoms with Gasteiger partial charge in [0.25, 0.3) is 0 Å². The van der Waals surface area contributed by atoms with Crippen molar-refractivity contribution in [3.8, 4) is 0 Å². The summed E-state index contributed by atoms with van der Waals surface area (Å²) in [7, 11) is 0. The number of fused-ring (bicyclic) bond motifs is 1. The quantitative estimate of drug-likeness (QED) is 0.718. The largest absolute Gasteiger partial charge is 0.125 e. The first-order valence-electron chi connectivity index (χ1n) is 5.75. The Kier molecular flexibility index (Phi) is 3.53. The molecule has 0 saturated heterocycles. The Morgan fingerprint density at radius 2 is 2.27 bits per heavy atom. The molecule has 0 nitrogen and oxygen atoms in total. The minimum absolute atomic E-state index is 1.15. The van der Waals surface area contributed by atoms with Crippen LogP contribution in [0.3, 0.4) is 0 Å². The van der Waals surface area contributed by atoms with E-state index in [4.69, 9.17) is 0 Å². The maximum Gasteiger partial charge on any atom is 0.0147 e. The van der Waals surface area contributed by atoms with Crippen molar-refractivity contribution in [3.05, 3.63) is 35.9 Å². The molecule has 0 atom stereocenters. The van der Waals surface area contributed by atoms with Crippen LogP contribution in [0.4, 0.5) is 0 Å². The van der Waals surface area contributed by atoms with Crippen LogP contribution >= 0.6 is 11.8 Å². The molecule has 0 amide bonds. The lowest BCUT2D eigenvalue weighted by Crippen LogP contribution is -1.98. The SMILES string of the molecule is C=C1CCSc2ccc(CCCC)cc21. The highest BCUT2D eigenvalue weighted by molar-refractivity contribution is 7.99. The van der Waals surface area contributed by atoms with Crippen molar-refractivity contribution in [1.29, 1.82) is 0 Å². The van der Waals surface area contributed by atoms with E-state index in [9.17, 15) is 0 Å². The third-order valence-corrected chi connectivity index (χ3v) is 3.98. The predicted octanol–water partition coefficient (Wildman–Crippen LogP) is 4.54. The Morgan fingerprint density at radius 1 is 1.40 bits per heavy atom. The Balaban J connectivity index is 2.23. The molecule has 80 valence electrons. The predicted molar refractivity (Wildman–Crippen MR) is 69.4 cm³/mol. The molecule has 0 bridgehead atoms. The third kappa shape index (κ3) is 2.46. The maximum atomic E-state index is 4.16. The summed E-state index contributed by atoms with van der Waals surface area (Å²) in [6, 6.07) is 6.90. The van der Waals surface area contributed by atoms with Crippen molar-refractivity contribution in [2.24, 2.45) is 0 Å². The first-order chi connectivity index (χ1) is 7.31. The zero-order chi connectivity index (χ0) is 10.7. The minimum Gasteiger partial charge on any atom is -0.125 e. The van der Waals surface area contributed by atoms with Crippen LogP contribution in [-0.2, 0) is 6.42 Å². The normalized spacial score (nSPS) is 15.1. The standard InChI is InChI=1S/C14H18S/c1-3-4-5-12-6-7-14-13(10-12)11(2)8-9-15-14/h6-7,10H,2-5,8-9H2,1H3. The van der Waals surface area contributed by atoms with Crippen LogP contribution in [-0.4, -0.2) is 5.75 Å². The zero-order valence-corrected chi connectivity index (χ0v) is 10.2. The molecular weight excluding hydrogens is 200 g/mol. The highest BCUT2D eigenvalue weighted by Gasteiger charge is 2.12. The average molecular weight is 218 g/mol. The zero-order valence-electron chi connectivity index (χ0n) is 9.38. The Labute approximate surface area is 96.8 Å². The monoisotopic (exact) mass is 218 g/mol. The number of hydrogen-bond donors (Lipinski definition) is 0. The molecule has 1 aromatic carbocycles. The van der Waals surface area contributed by atoms with Crippen molar-refractivity contribution in [3.63, 3.8) is 0 Å². The second-order valence-electron chi connectivity index (χ2n) is 4.14. The lowest BCUT2D eigenvalue weighted by Gasteiger charge is -2.18. The molecule has 2 rings (SSSR count). The van der Waals surface area contributed by atoms with Gasteiger partial charge in [0, 0.05) is 10.6 Å². The second-order valence-corrected chi connectivity index (χ2v) is 5.27. The van der Waals surface area contributed by atoms with Crippen LogP contribution in [0.2, 0.25) is 0 Å². The molecule has 1 heteroatoms. The molecule has 0 aromatic heterocycles. The summed E-state index contributed by atoms with van der Waals surface area (Å²) >= 11 is 1.96. The highest BCUT2D eigenvalue weighted by Crippen LogP contribution is 2.36. The number of allylic oxidation sites excluding steroid dienone is 1. The summed E-state index contributed by atoms with van der Waals surface area (Å²) in [5, 5.41) is 0. The summed E-state index contributed by atoms with van der Waals surface area (Å²) in [4.78, 5) is 1.42. The van der Waals surface area contributed by atoms with Gasteiger partial charge in [-0.25, -0.2) is 0 Å². The van der Waals surface area contributed by atoms with E-state index in [0.29, 0.717) is 0 Å². The van der Waals surface area contributed by atoms with Crippen LogP contribution in [0.25, 0.3) is 5.57 Å². The van der Waals surface area contributed by atoms with Crippen molar-refractivity contribution < 1.29 is 0 Å². The number of thioether (sulfide) groups is 1. The minimum atomic E-state index is 1.15. The third-order valence-electron chi connectivity index (χ3n) is 2.91. The van der Waals surface area contributed by atoms with Gasteiger partial charge in [0.05, 0.1) is 0 Å². The van der Waals surface area contributed by atoms with Crippen LogP contribution in [0.15, 0.2) is 29.7 Å². The molecule has 0 aliphatic carbocycles. The van der Waals surface area contributed by atoms with Gasteiger partial charge < -0.3 is 0 Å². The van der Waals surface area contributed by atoms with E-state index < -0.39 is 0 Å². The molecule has 1 aliphatic rings. The van der Waals surface area contributed by atoms with E-state index in [-0.39, 0.29) is 0 Å². The summed E-state index contributed by atoms with van der Waals surface area (Å²) < 4.78 is 0. The Hall–Kier alpha value is -0.690. The summed E-state index contributed by atoms with van der Waals surface area (Å²) in [6.07, 6.45) is 4.92. The van der Waals surface area contributed by atoms with Crippen LogP contribution in [0.1, 0.15) is 37.3 Å². The molecule has 0 saturated carbocycles. The topological polar surface area (TPSA) is 0 Å². The van der Waals surface area contributed by atoms with Crippen molar-refractivity contribution in [2.45, 2.75) is 37.5 Å². The van der Waals surface area contributed by atoms with E-state index in [0.717, 1.165) is 6.42 Å². The molecule has 0 radical (unpaired) electrons. The van der Waals surface area contributed by atoms with Gasteiger partial charge in [-0.1, -0.05) is 32.1 Å². The summed E-state index contributed by atoms with van der Waals surface area (Å²) in [6.45, 7) is 6.41. The van der Waals surface area contributed by atoms with Gasteiger partial charge in [0.15, 0.2) is 0 Å². The van der Waals surface area contributed by atoms with Crippen molar-refractivity contribution in [1.82, 2.24) is 0 Å². The number of unbranched alkanes of at least 4 members (excludes halogenated alkanes) is 1. The molecule has 0 unspecified atom stereocenters. The number of hydrogen-bond acceptors (Lipinski definition) is 1. The molecular formula is C14H18S. The van der Waals surface area contributed by atoms with E-state index in [1.807, 2.05) is 11.8 Å².